The van der Waals surface area contributed by atoms with Crippen LogP contribution in [0.3, 0.4) is 0 Å². The highest BCUT2D eigenvalue weighted by molar-refractivity contribution is 5.26. The second-order valence-electron chi connectivity index (χ2n) is 2.99. The summed E-state index contributed by atoms with van der Waals surface area (Å²) in [5.41, 5.74) is 0. The van der Waals surface area contributed by atoms with Gasteiger partial charge in [0.2, 0.25) is 6.08 Å². The van der Waals surface area contributed by atoms with Gasteiger partial charge in [0.15, 0.2) is 0 Å². The van der Waals surface area contributed by atoms with Crippen molar-refractivity contribution in [3.8, 4) is 0 Å². The second-order valence-corrected chi connectivity index (χ2v) is 2.99. The lowest BCUT2D eigenvalue weighted by atomic mass is 10.1. The van der Waals surface area contributed by atoms with E-state index in [0.29, 0.717) is 0 Å². The van der Waals surface area contributed by atoms with Gasteiger partial charge >= 0.3 is 0 Å². The van der Waals surface area contributed by atoms with Crippen LogP contribution in [0.15, 0.2) is 0 Å². The zero-order valence-electron chi connectivity index (χ0n) is 7.81. The summed E-state index contributed by atoms with van der Waals surface area (Å²) in [4.78, 5) is 8.35. The number of hydrogen-bond acceptors (Lipinski definition) is 2. The summed E-state index contributed by atoms with van der Waals surface area (Å²) < 4.78 is 0. The standard InChI is InChI=1S/C8H18.CHNO/c1-4-5-6-7-8(2)3;2-1-3/h8H,4-7H2,1-3H3;2H. The van der Waals surface area contributed by atoms with Crippen LogP contribution in [-0.4, -0.2) is 6.08 Å². The summed E-state index contributed by atoms with van der Waals surface area (Å²) >= 11 is 0. The van der Waals surface area contributed by atoms with Crippen LogP contribution in [0, 0.1) is 11.3 Å². The fraction of sp³-hybridized carbons (Fsp3) is 0.889. The van der Waals surface area contributed by atoms with E-state index in [1.807, 2.05) is 0 Å². The molecule has 2 nitrogen and oxygen atoms in total. The summed E-state index contributed by atoms with van der Waals surface area (Å²) in [6, 6.07) is 0. The largest absolute Gasteiger partial charge is 0.231 e. The summed E-state index contributed by atoms with van der Waals surface area (Å²) in [6.45, 7) is 6.83. The van der Waals surface area contributed by atoms with Crippen molar-refractivity contribution in [1.82, 2.24) is 0 Å². The number of nitrogens with one attached hydrogen (secondary N) is 1. The molecular weight excluding hydrogens is 138 g/mol. The van der Waals surface area contributed by atoms with Gasteiger partial charge in [-0.3, -0.25) is 0 Å². The van der Waals surface area contributed by atoms with Crippen LogP contribution < -0.4 is 0 Å². The summed E-state index contributed by atoms with van der Waals surface area (Å²) in [6.07, 6.45) is 6.35. The Balaban J connectivity index is 0. The molecule has 0 radical (unpaired) electrons. The Morgan fingerprint density at radius 1 is 1.36 bits per heavy atom. The van der Waals surface area contributed by atoms with E-state index < -0.39 is 0 Å². The van der Waals surface area contributed by atoms with Gasteiger partial charge in [-0.05, 0) is 5.92 Å². The van der Waals surface area contributed by atoms with Gasteiger partial charge in [0.25, 0.3) is 0 Å². The minimum atomic E-state index is 0.750. The Morgan fingerprint density at radius 3 is 2.09 bits per heavy atom. The number of carbonyl (C=O) groups excluding carboxylic acids is 1. The normalized spacial score (nSPS) is 8.36. The first-order valence-electron chi connectivity index (χ1n) is 4.22. The maximum atomic E-state index is 8.35. The number of unbranched alkanes of at least 4 members (excludes halogenated alkanes) is 2. The van der Waals surface area contributed by atoms with E-state index in [4.69, 9.17) is 10.2 Å². The van der Waals surface area contributed by atoms with Crippen molar-refractivity contribution >= 4 is 6.08 Å². The lowest BCUT2D eigenvalue weighted by Crippen LogP contribution is -1.85. The Labute approximate surface area is 69.5 Å². The van der Waals surface area contributed by atoms with Crippen LogP contribution in [0.1, 0.15) is 46.5 Å². The molecule has 0 amide bonds. The maximum Gasteiger partial charge on any atom is 0.231 e. The molecule has 0 aromatic carbocycles. The molecule has 0 aliphatic carbocycles. The molecule has 0 aromatic heterocycles. The first kappa shape index (κ1) is 13.0. The lowest BCUT2D eigenvalue weighted by molar-refractivity contribution is 0.534. The Hall–Kier alpha value is -0.620. The van der Waals surface area contributed by atoms with Crippen LogP contribution in [0.25, 0.3) is 0 Å². The first-order valence-corrected chi connectivity index (χ1v) is 4.22. The lowest BCUT2D eigenvalue weighted by Gasteiger charge is -2.00. The number of hydrogen-bond donors (Lipinski definition) is 1. The molecular formula is C9H19NO. The van der Waals surface area contributed by atoms with Crippen molar-refractivity contribution in [2.75, 3.05) is 0 Å². The van der Waals surface area contributed by atoms with Gasteiger partial charge in [-0.15, -0.1) is 0 Å². The molecule has 2 heteroatoms. The molecule has 0 aromatic rings. The third-order valence-electron chi connectivity index (χ3n) is 1.39. The Kier molecular flexibility index (Phi) is 14.3. The van der Waals surface area contributed by atoms with Gasteiger partial charge in [-0.1, -0.05) is 46.5 Å². The quantitative estimate of drug-likeness (QED) is 0.380. The molecule has 0 rings (SSSR count). The monoisotopic (exact) mass is 157 g/mol. The predicted molar refractivity (Wildman–Crippen MR) is 47.4 cm³/mol. The molecule has 0 heterocycles. The average Bonchev–Trinajstić information content (AvgIpc) is 1.89. The number of rotatable bonds is 4. The fourth-order valence-electron chi connectivity index (χ4n) is 0.803. The van der Waals surface area contributed by atoms with Crippen LogP contribution in [0.4, 0.5) is 0 Å². The third kappa shape index (κ3) is 26.6. The van der Waals surface area contributed by atoms with Crippen molar-refractivity contribution in [3.05, 3.63) is 0 Å². The minimum Gasteiger partial charge on any atom is -0.222 e. The molecule has 0 saturated heterocycles. The van der Waals surface area contributed by atoms with E-state index >= 15 is 0 Å². The smallest absolute Gasteiger partial charge is 0.222 e. The fourth-order valence-corrected chi connectivity index (χ4v) is 0.803. The van der Waals surface area contributed by atoms with Gasteiger partial charge in [0.1, 0.15) is 0 Å². The highest BCUT2D eigenvalue weighted by Crippen LogP contribution is 2.06. The maximum absolute atomic E-state index is 8.35. The molecule has 0 saturated carbocycles. The van der Waals surface area contributed by atoms with Gasteiger partial charge in [-0.2, -0.15) is 0 Å². The summed E-state index contributed by atoms with van der Waals surface area (Å²) in [5, 5.41) is 5.40. The van der Waals surface area contributed by atoms with Gasteiger partial charge in [0, 0.05) is 0 Å². The van der Waals surface area contributed by atoms with Crippen molar-refractivity contribution in [3.63, 3.8) is 0 Å². The van der Waals surface area contributed by atoms with Crippen molar-refractivity contribution in [2.45, 2.75) is 46.5 Å². The molecule has 0 atom stereocenters. The van der Waals surface area contributed by atoms with Gasteiger partial charge in [0.05, 0.1) is 0 Å². The Bertz CT molecular complexity index is 93.7. The first-order chi connectivity index (χ1) is 5.18. The minimum absolute atomic E-state index is 0.750. The zero-order chi connectivity index (χ0) is 9.11. The van der Waals surface area contributed by atoms with E-state index in [1.54, 1.807) is 0 Å². The molecule has 0 spiro atoms. The molecule has 0 aliphatic heterocycles. The van der Waals surface area contributed by atoms with E-state index in [9.17, 15) is 0 Å². The predicted octanol–water partition coefficient (Wildman–Crippen LogP) is 3.12. The van der Waals surface area contributed by atoms with Crippen LogP contribution >= 0.6 is 0 Å². The van der Waals surface area contributed by atoms with Crippen LogP contribution in [-0.2, 0) is 4.79 Å². The van der Waals surface area contributed by atoms with Crippen molar-refractivity contribution in [2.24, 2.45) is 5.92 Å². The number of isocyanates is 1. The highest BCUT2D eigenvalue weighted by atomic mass is 16.1. The molecule has 11 heavy (non-hydrogen) atoms. The van der Waals surface area contributed by atoms with Crippen molar-refractivity contribution in [1.29, 1.82) is 5.41 Å². The van der Waals surface area contributed by atoms with Gasteiger partial charge < -0.3 is 0 Å². The molecule has 0 unspecified atom stereocenters. The topological polar surface area (TPSA) is 40.9 Å². The molecule has 66 valence electrons. The summed E-state index contributed by atoms with van der Waals surface area (Å²) in [7, 11) is 0. The van der Waals surface area contributed by atoms with Crippen molar-refractivity contribution < 1.29 is 4.79 Å². The van der Waals surface area contributed by atoms with Crippen LogP contribution in [0.2, 0.25) is 0 Å². The van der Waals surface area contributed by atoms with Crippen LogP contribution in [0.5, 0.6) is 0 Å². The Morgan fingerprint density at radius 2 is 1.82 bits per heavy atom. The highest BCUT2D eigenvalue weighted by Gasteiger charge is 1.90. The van der Waals surface area contributed by atoms with E-state index in [-0.39, 0.29) is 0 Å². The SMILES string of the molecule is CCCCCC(C)C.N=C=O. The van der Waals surface area contributed by atoms with Gasteiger partial charge in [-0.25, -0.2) is 10.2 Å². The zero-order valence-corrected chi connectivity index (χ0v) is 7.81. The van der Waals surface area contributed by atoms with E-state index in [2.05, 4.69) is 20.8 Å². The van der Waals surface area contributed by atoms with E-state index in [1.165, 1.54) is 25.7 Å². The second kappa shape index (κ2) is 12.1. The molecule has 0 bridgehead atoms. The van der Waals surface area contributed by atoms with E-state index in [0.717, 1.165) is 12.0 Å². The summed E-state index contributed by atoms with van der Waals surface area (Å²) in [5.74, 6) is 0.904. The molecule has 1 N–H and O–H groups in total. The average molecular weight is 157 g/mol. The molecule has 0 fully saturated rings. The third-order valence-corrected chi connectivity index (χ3v) is 1.39. The molecule has 0 aliphatic rings.